The molecule has 22 heavy (non-hydrogen) atoms. The van der Waals surface area contributed by atoms with E-state index in [-0.39, 0.29) is 12.2 Å². The normalized spacial score (nSPS) is 13.3. The first-order valence-electron chi connectivity index (χ1n) is 7.14. The minimum Gasteiger partial charge on any atom is -0.457 e. The highest BCUT2D eigenvalue weighted by molar-refractivity contribution is 7.14. The Labute approximate surface area is 132 Å². The van der Waals surface area contributed by atoms with Crippen LogP contribution in [0.25, 0.3) is 0 Å². The third kappa shape index (κ3) is 3.02. The van der Waals surface area contributed by atoms with Crippen LogP contribution in [-0.2, 0) is 24.2 Å². The first-order valence-corrected chi connectivity index (χ1v) is 7.96. The molecule has 112 valence electrons. The molecular weight excluding hydrogens is 301 g/mol. The van der Waals surface area contributed by atoms with Crippen molar-refractivity contribution in [1.82, 2.24) is 0 Å². The number of ether oxygens (including phenoxy) is 1. The zero-order valence-corrected chi connectivity index (χ0v) is 12.7. The van der Waals surface area contributed by atoms with Gasteiger partial charge in [0.15, 0.2) is 0 Å². The van der Waals surface area contributed by atoms with Crippen LogP contribution in [0.3, 0.4) is 0 Å². The Kier molecular flexibility index (Phi) is 4.21. The summed E-state index contributed by atoms with van der Waals surface area (Å²) in [4.78, 5) is 13.9. The minimum atomic E-state index is -0.475. The van der Waals surface area contributed by atoms with Crippen LogP contribution < -0.4 is 0 Å². The monoisotopic (exact) mass is 315 g/mol. The number of hydrogen-bond acceptors (Lipinski definition) is 4. The predicted molar refractivity (Wildman–Crippen MR) is 81.2 cm³/mol. The number of aryl methyl sites for hydroxylation is 2. The van der Waals surface area contributed by atoms with Crippen molar-refractivity contribution in [2.45, 2.75) is 32.3 Å². The van der Waals surface area contributed by atoms with Gasteiger partial charge < -0.3 is 4.74 Å². The highest BCUT2D eigenvalue weighted by atomic mass is 32.1. The molecule has 0 saturated carbocycles. The van der Waals surface area contributed by atoms with Crippen LogP contribution in [0.2, 0.25) is 0 Å². The van der Waals surface area contributed by atoms with Crippen molar-refractivity contribution in [1.29, 1.82) is 5.26 Å². The van der Waals surface area contributed by atoms with Crippen LogP contribution in [0.4, 0.5) is 4.39 Å². The largest absolute Gasteiger partial charge is 0.457 e. The lowest BCUT2D eigenvalue weighted by atomic mass is 9.99. The smallest absolute Gasteiger partial charge is 0.348 e. The lowest BCUT2D eigenvalue weighted by Crippen LogP contribution is -2.04. The first-order chi connectivity index (χ1) is 10.7. The molecule has 0 bridgehead atoms. The summed E-state index contributed by atoms with van der Waals surface area (Å²) >= 11 is 1.47. The number of carbonyl (C=O) groups excluding carboxylic acids is 1. The van der Waals surface area contributed by atoms with Crippen molar-refractivity contribution >= 4 is 17.3 Å². The fourth-order valence-corrected chi connectivity index (χ4v) is 3.71. The molecule has 0 unspecified atom stereocenters. The topological polar surface area (TPSA) is 50.1 Å². The van der Waals surface area contributed by atoms with Crippen LogP contribution >= 0.6 is 11.3 Å². The molecule has 0 atom stereocenters. The van der Waals surface area contributed by atoms with Gasteiger partial charge in [-0.2, -0.15) is 5.26 Å². The molecule has 0 N–H and O–H groups in total. The number of nitriles is 1. The molecule has 0 radical (unpaired) electrons. The molecule has 0 fully saturated rings. The Morgan fingerprint density at radius 3 is 2.91 bits per heavy atom. The highest BCUT2D eigenvalue weighted by Gasteiger charge is 2.18. The van der Waals surface area contributed by atoms with E-state index in [0.29, 0.717) is 10.4 Å². The number of hydrogen-bond donors (Lipinski definition) is 0. The molecule has 1 aromatic carbocycles. The number of benzene rings is 1. The molecule has 5 heteroatoms. The summed E-state index contributed by atoms with van der Waals surface area (Å²) in [5.41, 5.74) is 1.80. The maximum Gasteiger partial charge on any atom is 0.348 e. The van der Waals surface area contributed by atoms with E-state index in [9.17, 15) is 9.18 Å². The second-order valence-corrected chi connectivity index (χ2v) is 6.40. The van der Waals surface area contributed by atoms with Crippen molar-refractivity contribution in [2.24, 2.45) is 0 Å². The Balaban J connectivity index is 1.70. The zero-order chi connectivity index (χ0) is 15.5. The van der Waals surface area contributed by atoms with Gasteiger partial charge >= 0.3 is 5.97 Å². The molecule has 3 nitrogen and oxygen atoms in total. The minimum absolute atomic E-state index is 0.164. The number of nitrogens with zero attached hydrogens (tertiary/aromatic N) is 1. The molecule has 3 rings (SSSR count). The van der Waals surface area contributed by atoms with Gasteiger partial charge in [-0.15, -0.1) is 11.3 Å². The Morgan fingerprint density at radius 2 is 2.14 bits per heavy atom. The number of rotatable bonds is 3. The fraction of sp³-hybridized carbons (Fsp3) is 0.294. The quantitative estimate of drug-likeness (QED) is 0.805. The van der Waals surface area contributed by atoms with Crippen molar-refractivity contribution < 1.29 is 13.9 Å². The van der Waals surface area contributed by atoms with Crippen molar-refractivity contribution in [3.8, 4) is 6.07 Å². The summed E-state index contributed by atoms with van der Waals surface area (Å²) in [6, 6.07) is 7.85. The lowest BCUT2D eigenvalue weighted by molar-refractivity contribution is 0.0474. The van der Waals surface area contributed by atoms with Crippen molar-refractivity contribution in [2.75, 3.05) is 0 Å². The summed E-state index contributed by atoms with van der Waals surface area (Å²) in [5, 5.41) is 8.82. The van der Waals surface area contributed by atoms with Gasteiger partial charge in [0.05, 0.1) is 11.6 Å². The van der Waals surface area contributed by atoms with Gasteiger partial charge in [0.25, 0.3) is 0 Å². The predicted octanol–water partition coefficient (Wildman–Crippen LogP) is 3.99. The Bertz CT molecular complexity index is 737. The van der Waals surface area contributed by atoms with Crippen LogP contribution in [0.1, 0.15) is 44.1 Å². The number of fused-ring (bicyclic) bond motifs is 1. The van der Waals surface area contributed by atoms with E-state index in [4.69, 9.17) is 10.00 Å². The molecule has 1 heterocycles. The SMILES string of the molecule is N#Cc1ccc(F)c(COC(=O)c2cc3c(s2)CCCC3)c1. The second kappa shape index (κ2) is 6.29. The zero-order valence-electron chi connectivity index (χ0n) is 11.9. The molecule has 1 aliphatic carbocycles. The van der Waals surface area contributed by atoms with Gasteiger partial charge in [-0.3, -0.25) is 0 Å². The highest BCUT2D eigenvalue weighted by Crippen LogP contribution is 2.30. The van der Waals surface area contributed by atoms with Crippen molar-refractivity contribution in [3.63, 3.8) is 0 Å². The van der Waals surface area contributed by atoms with E-state index in [1.165, 1.54) is 40.0 Å². The number of halogens is 1. The Morgan fingerprint density at radius 1 is 1.32 bits per heavy atom. The Hall–Kier alpha value is -2.19. The standard InChI is InChI=1S/C17H14FNO2S/c18-14-6-5-11(9-19)7-13(14)10-21-17(20)16-8-12-3-1-2-4-15(12)22-16/h5-8H,1-4,10H2. The third-order valence-electron chi connectivity index (χ3n) is 3.73. The van der Waals surface area contributed by atoms with Gasteiger partial charge in [-0.05, 0) is 55.5 Å². The van der Waals surface area contributed by atoms with Gasteiger partial charge in [0, 0.05) is 10.4 Å². The number of esters is 1. The maximum atomic E-state index is 13.6. The van der Waals surface area contributed by atoms with Gasteiger partial charge in [0.2, 0.25) is 0 Å². The molecule has 0 amide bonds. The van der Waals surface area contributed by atoms with Crippen LogP contribution in [-0.4, -0.2) is 5.97 Å². The maximum absolute atomic E-state index is 13.6. The number of carbonyl (C=O) groups is 1. The van der Waals surface area contributed by atoms with E-state index in [0.717, 1.165) is 25.7 Å². The first kappa shape index (κ1) is 14.7. The summed E-state index contributed by atoms with van der Waals surface area (Å²) in [6.07, 6.45) is 4.35. The second-order valence-electron chi connectivity index (χ2n) is 5.26. The van der Waals surface area contributed by atoms with E-state index in [1.807, 2.05) is 12.1 Å². The molecule has 2 aromatic rings. The van der Waals surface area contributed by atoms with E-state index >= 15 is 0 Å². The van der Waals surface area contributed by atoms with Crippen LogP contribution in [0, 0.1) is 17.1 Å². The van der Waals surface area contributed by atoms with E-state index in [1.54, 1.807) is 0 Å². The molecular formula is C17H14FNO2S. The average Bonchev–Trinajstić information content (AvgIpc) is 2.98. The summed E-state index contributed by atoms with van der Waals surface area (Å²) in [6.45, 7) is -0.164. The van der Waals surface area contributed by atoms with Crippen LogP contribution in [0.15, 0.2) is 24.3 Å². The molecule has 0 saturated heterocycles. The number of thiophene rings is 1. The molecule has 1 aliphatic rings. The summed E-state index contributed by atoms with van der Waals surface area (Å²) in [7, 11) is 0. The summed E-state index contributed by atoms with van der Waals surface area (Å²) < 4.78 is 18.8. The molecule has 1 aromatic heterocycles. The lowest BCUT2D eigenvalue weighted by Gasteiger charge is -2.08. The van der Waals surface area contributed by atoms with E-state index in [2.05, 4.69) is 0 Å². The fourth-order valence-electron chi connectivity index (χ4n) is 2.56. The van der Waals surface area contributed by atoms with Crippen molar-refractivity contribution in [3.05, 3.63) is 56.5 Å². The summed E-state index contributed by atoms with van der Waals surface area (Å²) in [5.74, 6) is -0.904. The van der Waals surface area contributed by atoms with Gasteiger partial charge in [-0.1, -0.05) is 0 Å². The van der Waals surface area contributed by atoms with Gasteiger partial charge in [-0.25, -0.2) is 9.18 Å². The third-order valence-corrected chi connectivity index (χ3v) is 4.95. The molecule has 0 aliphatic heterocycles. The van der Waals surface area contributed by atoms with Crippen LogP contribution in [0.5, 0.6) is 0 Å². The van der Waals surface area contributed by atoms with E-state index < -0.39 is 11.8 Å². The average molecular weight is 315 g/mol. The van der Waals surface area contributed by atoms with Gasteiger partial charge in [0.1, 0.15) is 17.3 Å². The molecule has 0 spiro atoms.